The molecule has 0 spiro atoms. The van der Waals surface area contributed by atoms with E-state index in [0.717, 1.165) is 0 Å². The smallest absolute Gasteiger partial charge is 0.329 e. The Hall–Kier alpha value is -4.11. The summed E-state index contributed by atoms with van der Waals surface area (Å²) >= 11 is 0. The van der Waals surface area contributed by atoms with Crippen LogP contribution in [0.4, 0.5) is 11.4 Å². The number of benzene rings is 4. The zero-order valence-corrected chi connectivity index (χ0v) is 18.4. The van der Waals surface area contributed by atoms with Crippen molar-refractivity contribution in [3.05, 3.63) is 115 Å². The molecule has 7 rings (SSSR count). The summed E-state index contributed by atoms with van der Waals surface area (Å²) in [7, 11) is 0. The summed E-state index contributed by atoms with van der Waals surface area (Å²) < 4.78 is 0. The molecule has 154 valence electrons. The van der Waals surface area contributed by atoms with E-state index < -0.39 is 0 Å². The van der Waals surface area contributed by atoms with Crippen LogP contribution in [0.2, 0.25) is 0 Å². The number of anilines is 2. The topological polar surface area (TPSA) is 16.1 Å². The van der Waals surface area contributed by atoms with Crippen molar-refractivity contribution in [1.29, 1.82) is 0 Å². The molecule has 0 unspecified atom stereocenters. The molecular weight excluding hydrogens is 399 g/mol. The molecule has 0 atom stereocenters. The number of pyridine rings is 1. The molecule has 33 heavy (non-hydrogen) atoms. The van der Waals surface area contributed by atoms with Crippen LogP contribution in [0.3, 0.4) is 0 Å². The molecule has 3 heteroatoms. The molecule has 0 amide bonds. The maximum absolute atomic E-state index is 4.41. The van der Waals surface area contributed by atoms with Gasteiger partial charge in [-0.05, 0) is 58.3 Å². The summed E-state index contributed by atoms with van der Waals surface area (Å²) in [5, 5.41) is 0. The first-order valence-corrected chi connectivity index (χ1v) is 11.4. The summed E-state index contributed by atoms with van der Waals surface area (Å²) in [5.41, 5.74) is 14.1. The second kappa shape index (κ2) is 6.95. The molecule has 0 saturated carbocycles. The highest BCUT2D eigenvalue weighted by Gasteiger charge is 2.41. The van der Waals surface area contributed by atoms with Crippen molar-refractivity contribution >= 4 is 29.1 Å². The highest BCUT2D eigenvalue weighted by atomic mass is 15.1. The van der Waals surface area contributed by atoms with E-state index in [1.54, 1.807) is 0 Å². The maximum atomic E-state index is 4.41. The lowest BCUT2D eigenvalue weighted by Crippen LogP contribution is -2.59. The molecule has 0 fully saturated rings. The van der Waals surface area contributed by atoms with E-state index >= 15 is 0 Å². The Morgan fingerprint density at radius 1 is 0.606 bits per heavy atom. The maximum Gasteiger partial charge on any atom is 0.329 e. The van der Waals surface area contributed by atoms with Crippen molar-refractivity contribution in [2.75, 3.05) is 4.81 Å². The van der Waals surface area contributed by atoms with E-state index in [-0.39, 0.29) is 6.85 Å². The number of rotatable bonds is 1. The van der Waals surface area contributed by atoms with Crippen molar-refractivity contribution in [2.24, 2.45) is 0 Å². The lowest BCUT2D eigenvalue weighted by Gasteiger charge is -2.43. The Morgan fingerprint density at radius 2 is 1.24 bits per heavy atom. The largest absolute Gasteiger partial charge is 0.376 e. The number of aryl methyl sites for hydroxylation is 1. The molecule has 2 aliphatic rings. The summed E-state index contributed by atoms with van der Waals surface area (Å²) in [5.74, 6) is 0. The zero-order chi connectivity index (χ0) is 21.9. The zero-order valence-electron chi connectivity index (χ0n) is 18.4. The van der Waals surface area contributed by atoms with Gasteiger partial charge in [0.25, 0.3) is 0 Å². The molecule has 4 aromatic carbocycles. The van der Waals surface area contributed by atoms with Gasteiger partial charge >= 0.3 is 6.85 Å². The molecule has 0 bridgehead atoms. The first kappa shape index (κ1) is 18.5. The molecule has 5 aromatic rings. The van der Waals surface area contributed by atoms with Crippen LogP contribution in [0.15, 0.2) is 109 Å². The van der Waals surface area contributed by atoms with Crippen LogP contribution in [0.25, 0.3) is 33.4 Å². The molecule has 2 aliphatic heterocycles. The van der Waals surface area contributed by atoms with Crippen LogP contribution in [-0.2, 0) is 0 Å². The van der Waals surface area contributed by atoms with Gasteiger partial charge in [-0.2, -0.15) is 0 Å². The van der Waals surface area contributed by atoms with Gasteiger partial charge < -0.3 is 4.81 Å². The number of hydrogen-bond acceptors (Lipinski definition) is 2. The number of hydrogen-bond donors (Lipinski definition) is 0. The minimum Gasteiger partial charge on any atom is -0.376 e. The van der Waals surface area contributed by atoms with Crippen molar-refractivity contribution in [1.82, 2.24) is 4.98 Å². The Bertz CT molecular complexity index is 1560. The molecule has 0 saturated heterocycles. The van der Waals surface area contributed by atoms with Crippen molar-refractivity contribution in [3.63, 3.8) is 0 Å². The Balaban J connectivity index is 1.57. The monoisotopic (exact) mass is 420 g/mol. The summed E-state index contributed by atoms with van der Waals surface area (Å²) in [6.45, 7) is 2.28. The average Bonchev–Trinajstić information content (AvgIpc) is 2.88. The van der Waals surface area contributed by atoms with E-state index in [1.165, 1.54) is 61.2 Å². The second-order valence-electron chi connectivity index (χ2n) is 8.89. The lowest BCUT2D eigenvalue weighted by atomic mass is 9.43. The van der Waals surface area contributed by atoms with Crippen LogP contribution in [-0.4, -0.2) is 11.8 Å². The van der Waals surface area contributed by atoms with Crippen LogP contribution >= 0.6 is 0 Å². The third kappa shape index (κ3) is 2.60. The lowest BCUT2D eigenvalue weighted by molar-refractivity contribution is 1.29. The SMILES string of the molecule is Cc1ccncc1-c1ccc2c(c1)B1c3ccccc3-c3ccccc3N1c1ccccc1-2. The van der Waals surface area contributed by atoms with E-state index in [2.05, 4.69) is 114 Å². The molecule has 3 heterocycles. The summed E-state index contributed by atoms with van der Waals surface area (Å²) in [4.78, 5) is 6.94. The number of aromatic nitrogens is 1. The van der Waals surface area contributed by atoms with Gasteiger partial charge in [-0.25, -0.2) is 0 Å². The number of nitrogens with zero attached hydrogens (tertiary/aromatic N) is 2. The van der Waals surface area contributed by atoms with Gasteiger partial charge in [0.2, 0.25) is 0 Å². The van der Waals surface area contributed by atoms with E-state index in [9.17, 15) is 0 Å². The molecule has 1 aromatic heterocycles. The minimum atomic E-state index is 0.123. The van der Waals surface area contributed by atoms with Gasteiger partial charge in [0.05, 0.1) is 0 Å². The molecular formula is C30H21BN2. The predicted octanol–water partition coefficient (Wildman–Crippen LogP) is 5.96. The van der Waals surface area contributed by atoms with Gasteiger partial charge in [0, 0.05) is 40.5 Å². The first-order valence-electron chi connectivity index (χ1n) is 11.4. The van der Waals surface area contributed by atoms with Crippen molar-refractivity contribution in [2.45, 2.75) is 6.92 Å². The van der Waals surface area contributed by atoms with Gasteiger partial charge in [-0.1, -0.05) is 78.9 Å². The highest BCUT2D eigenvalue weighted by molar-refractivity contribution is 6.92. The normalized spacial score (nSPS) is 12.9. The number of para-hydroxylation sites is 2. The fraction of sp³-hybridized carbons (Fsp3) is 0.0333. The quantitative estimate of drug-likeness (QED) is 0.311. The average molecular weight is 420 g/mol. The fourth-order valence-electron chi connectivity index (χ4n) is 5.63. The van der Waals surface area contributed by atoms with Crippen LogP contribution < -0.4 is 15.7 Å². The Labute approximate surface area is 194 Å². The molecule has 0 N–H and O–H groups in total. The second-order valence-corrected chi connectivity index (χ2v) is 8.89. The molecule has 2 nitrogen and oxygen atoms in total. The van der Waals surface area contributed by atoms with E-state index in [0.29, 0.717) is 0 Å². The van der Waals surface area contributed by atoms with E-state index in [4.69, 9.17) is 0 Å². The Kier molecular flexibility index (Phi) is 3.89. The highest BCUT2D eigenvalue weighted by Crippen LogP contribution is 2.45. The van der Waals surface area contributed by atoms with Gasteiger partial charge in [0.1, 0.15) is 0 Å². The molecule has 0 radical (unpaired) electrons. The van der Waals surface area contributed by atoms with Gasteiger partial charge in [-0.15, -0.1) is 0 Å². The third-order valence-electron chi connectivity index (χ3n) is 7.12. The summed E-state index contributed by atoms with van der Waals surface area (Å²) in [6.07, 6.45) is 3.85. The Morgan fingerprint density at radius 3 is 1.97 bits per heavy atom. The van der Waals surface area contributed by atoms with Crippen LogP contribution in [0.5, 0.6) is 0 Å². The number of fused-ring (bicyclic) bond motifs is 11. The third-order valence-corrected chi connectivity index (χ3v) is 7.12. The summed E-state index contributed by atoms with van der Waals surface area (Å²) in [6, 6.07) is 35.5. The van der Waals surface area contributed by atoms with Crippen molar-refractivity contribution < 1.29 is 0 Å². The van der Waals surface area contributed by atoms with Crippen LogP contribution in [0, 0.1) is 6.92 Å². The molecule has 0 aliphatic carbocycles. The van der Waals surface area contributed by atoms with Gasteiger partial charge in [-0.3, -0.25) is 4.98 Å². The first-order chi connectivity index (χ1) is 16.3. The van der Waals surface area contributed by atoms with Crippen LogP contribution in [0.1, 0.15) is 5.56 Å². The minimum absolute atomic E-state index is 0.123. The fourth-order valence-corrected chi connectivity index (χ4v) is 5.63. The standard InChI is InChI=1S/C30H21BN2/c1-20-16-17-32-19-26(20)21-14-15-23-25-10-4-7-13-30(25)33-29-12-6-3-9-24(29)22-8-2-5-11-27(22)31(33)28(23)18-21/h2-19H,1H3. The predicted molar refractivity (Wildman–Crippen MR) is 139 cm³/mol. The van der Waals surface area contributed by atoms with Gasteiger partial charge in [0.15, 0.2) is 0 Å². The van der Waals surface area contributed by atoms with E-state index in [1.807, 2.05) is 12.4 Å². The van der Waals surface area contributed by atoms with Crippen molar-refractivity contribution in [3.8, 4) is 33.4 Å².